The van der Waals surface area contributed by atoms with Crippen LogP contribution in [0.3, 0.4) is 0 Å². The summed E-state index contributed by atoms with van der Waals surface area (Å²) in [4.78, 5) is 2.33. The van der Waals surface area contributed by atoms with E-state index in [0.29, 0.717) is 0 Å². The summed E-state index contributed by atoms with van der Waals surface area (Å²) in [5.41, 5.74) is 1.35. The molecule has 1 saturated heterocycles. The van der Waals surface area contributed by atoms with Crippen LogP contribution in [0.5, 0.6) is 0 Å². The highest BCUT2D eigenvalue weighted by molar-refractivity contribution is 9.10. The van der Waals surface area contributed by atoms with Crippen LogP contribution in [0.2, 0.25) is 0 Å². The van der Waals surface area contributed by atoms with Crippen molar-refractivity contribution < 1.29 is 5.11 Å². The Morgan fingerprint density at radius 2 is 2.12 bits per heavy atom. The number of benzene rings is 1. The summed E-state index contributed by atoms with van der Waals surface area (Å²) in [5, 5.41) is 10.1. The van der Waals surface area contributed by atoms with Crippen molar-refractivity contribution in [3.05, 3.63) is 34.3 Å². The lowest BCUT2D eigenvalue weighted by molar-refractivity contribution is -0.0278. The fraction of sp³-hybridized carbons (Fsp3) is 0.571. The van der Waals surface area contributed by atoms with E-state index >= 15 is 0 Å². The second-order valence-electron chi connectivity index (χ2n) is 5.58. The molecule has 0 saturated carbocycles. The van der Waals surface area contributed by atoms with Gasteiger partial charge in [0.25, 0.3) is 0 Å². The second kappa shape index (κ2) is 5.09. The Balaban J connectivity index is 2.00. The van der Waals surface area contributed by atoms with Crippen LogP contribution < -0.4 is 0 Å². The first-order valence-corrected chi connectivity index (χ1v) is 6.92. The third-order valence-electron chi connectivity index (χ3n) is 3.76. The fourth-order valence-electron chi connectivity index (χ4n) is 2.21. The van der Waals surface area contributed by atoms with Crippen LogP contribution >= 0.6 is 15.9 Å². The number of halogens is 1. The number of aliphatic hydroxyl groups excluding tert-OH is 1. The van der Waals surface area contributed by atoms with Gasteiger partial charge in [-0.1, -0.05) is 48.0 Å². The van der Waals surface area contributed by atoms with E-state index in [1.807, 2.05) is 6.07 Å². The molecule has 1 heterocycles. The topological polar surface area (TPSA) is 23.5 Å². The molecule has 1 aliphatic heterocycles. The van der Waals surface area contributed by atoms with Gasteiger partial charge in [0, 0.05) is 17.6 Å². The predicted molar refractivity (Wildman–Crippen MR) is 73.8 cm³/mol. The lowest BCUT2D eigenvalue weighted by atomic mass is 9.80. The van der Waals surface area contributed by atoms with Crippen molar-refractivity contribution >= 4 is 15.9 Å². The van der Waals surface area contributed by atoms with Gasteiger partial charge in [-0.3, -0.25) is 4.90 Å². The van der Waals surface area contributed by atoms with Crippen LogP contribution in [0, 0.1) is 5.41 Å². The molecule has 2 rings (SSSR count). The number of aliphatic hydroxyl groups is 1. The number of hydrogen-bond donors (Lipinski definition) is 1. The third-order valence-corrected chi connectivity index (χ3v) is 4.53. The smallest absolute Gasteiger partial charge is 0.0718 e. The van der Waals surface area contributed by atoms with Gasteiger partial charge in [0.2, 0.25) is 0 Å². The number of likely N-dealkylation sites (tertiary alicyclic amines) is 1. The Morgan fingerprint density at radius 1 is 1.41 bits per heavy atom. The molecule has 1 atom stereocenters. The molecule has 0 amide bonds. The van der Waals surface area contributed by atoms with Crippen molar-refractivity contribution in [3.63, 3.8) is 0 Å². The molecule has 17 heavy (non-hydrogen) atoms. The highest BCUT2D eigenvalue weighted by Gasteiger charge is 2.33. The molecule has 0 bridgehead atoms. The molecular weight excluding hydrogens is 278 g/mol. The van der Waals surface area contributed by atoms with Gasteiger partial charge in [-0.2, -0.15) is 0 Å². The highest BCUT2D eigenvalue weighted by atomic mass is 79.9. The van der Waals surface area contributed by atoms with E-state index in [1.54, 1.807) is 0 Å². The first-order chi connectivity index (χ1) is 7.99. The van der Waals surface area contributed by atoms with Gasteiger partial charge in [-0.25, -0.2) is 0 Å². The first kappa shape index (κ1) is 13.1. The van der Waals surface area contributed by atoms with E-state index in [4.69, 9.17) is 0 Å². The lowest BCUT2D eigenvalue weighted by Gasteiger charge is -2.41. The summed E-state index contributed by atoms with van der Waals surface area (Å²) in [6, 6.07) is 8.29. The van der Waals surface area contributed by atoms with Crippen LogP contribution in [0.25, 0.3) is 0 Å². The number of piperidine rings is 1. The molecule has 2 nitrogen and oxygen atoms in total. The maximum absolute atomic E-state index is 10.1. The molecule has 1 aromatic carbocycles. The van der Waals surface area contributed by atoms with Gasteiger partial charge in [0.1, 0.15) is 0 Å². The summed E-state index contributed by atoms with van der Waals surface area (Å²) in [6.45, 7) is 7.04. The van der Waals surface area contributed by atoms with Crippen molar-refractivity contribution in [1.82, 2.24) is 4.90 Å². The fourth-order valence-corrected chi connectivity index (χ4v) is 2.62. The van der Waals surface area contributed by atoms with Crippen LogP contribution in [0.4, 0.5) is 0 Å². The summed E-state index contributed by atoms with van der Waals surface area (Å²) in [6.07, 6.45) is 0.831. The van der Waals surface area contributed by atoms with Gasteiger partial charge in [-0.15, -0.1) is 0 Å². The number of nitrogens with zero attached hydrogens (tertiary/aromatic N) is 1. The Morgan fingerprint density at radius 3 is 2.76 bits per heavy atom. The summed E-state index contributed by atoms with van der Waals surface area (Å²) >= 11 is 3.57. The molecule has 1 N–H and O–H groups in total. The van der Waals surface area contributed by atoms with Crippen molar-refractivity contribution in [2.75, 3.05) is 13.1 Å². The molecule has 1 fully saturated rings. The van der Waals surface area contributed by atoms with E-state index < -0.39 is 0 Å². The zero-order valence-corrected chi connectivity index (χ0v) is 12.1. The molecule has 0 aliphatic carbocycles. The SMILES string of the molecule is CC1(C)CCN(Cc2ccccc2Br)CC1O. The molecule has 0 aromatic heterocycles. The molecular formula is C14H20BrNO. The molecule has 1 aliphatic rings. The Hall–Kier alpha value is -0.380. The molecule has 3 heteroatoms. The molecule has 1 unspecified atom stereocenters. The minimum absolute atomic E-state index is 0.0599. The summed E-state index contributed by atoms with van der Waals surface area (Å²) < 4.78 is 1.15. The van der Waals surface area contributed by atoms with Gasteiger partial charge >= 0.3 is 0 Å². The Bertz CT molecular complexity index is 392. The van der Waals surface area contributed by atoms with Crippen LogP contribution in [-0.4, -0.2) is 29.2 Å². The quantitative estimate of drug-likeness (QED) is 0.907. The summed E-state index contributed by atoms with van der Waals surface area (Å²) in [5.74, 6) is 0. The van der Waals surface area contributed by atoms with E-state index in [9.17, 15) is 5.11 Å². The monoisotopic (exact) mass is 297 g/mol. The zero-order chi connectivity index (χ0) is 12.5. The van der Waals surface area contributed by atoms with Gasteiger partial charge in [0.05, 0.1) is 6.10 Å². The predicted octanol–water partition coefficient (Wildman–Crippen LogP) is 3.04. The summed E-state index contributed by atoms with van der Waals surface area (Å²) in [7, 11) is 0. The first-order valence-electron chi connectivity index (χ1n) is 6.13. The maximum Gasteiger partial charge on any atom is 0.0718 e. The van der Waals surface area contributed by atoms with Gasteiger partial charge < -0.3 is 5.11 Å². The van der Waals surface area contributed by atoms with E-state index in [2.05, 4.69) is 52.9 Å². The average molecular weight is 298 g/mol. The van der Waals surface area contributed by atoms with E-state index in [-0.39, 0.29) is 11.5 Å². The van der Waals surface area contributed by atoms with Crippen molar-refractivity contribution in [1.29, 1.82) is 0 Å². The minimum Gasteiger partial charge on any atom is -0.391 e. The average Bonchev–Trinajstić information content (AvgIpc) is 2.27. The van der Waals surface area contributed by atoms with Crippen molar-refractivity contribution in [2.45, 2.75) is 32.9 Å². The van der Waals surface area contributed by atoms with Gasteiger partial charge in [-0.05, 0) is 30.0 Å². The Kier molecular flexibility index (Phi) is 3.91. The number of rotatable bonds is 2. The van der Waals surface area contributed by atoms with Crippen molar-refractivity contribution in [3.8, 4) is 0 Å². The normalized spacial score (nSPS) is 24.8. The van der Waals surface area contributed by atoms with Crippen LogP contribution in [0.1, 0.15) is 25.8 Å². The number of hydrogen-bond acceptors (Lipinski definition) is 2. The van der Waals surface area contributed by atoms with E-state index in [1.165, 1.54) is 5.56 Å². The van der Waals surface area contributed by atoms with Crippen LogP contribution in [0.15, 0.2) is 28.7 Å². The second-order valence-corrected chi connectivity index (χ2v) is 6.44. The molecule has 0 spiro atoms. The third kappa shape index (κ3) is 3.09. The minimum atomic E-state index is -0.223. The highest BCUT2D eigenvalue weighted by Crippen LogP contribution is 2.31. The number of β-amino-alcohol motifs (C(OH)–C–C–N with tert-alkyl or cyclic N) is 1. The molecule has 94 valence electrons. The van der Waals surface area contributed by atoms with Gasteiger partial charge in [0.15, 0.2) is 0 Å². The molecule has 1 aromatic rings. The van der Waals surface area contributed by atoms with Crippen molar-refractivity contribution in [2.24, 2.45) is 5.41 Å². The standard InChI is InChI=1S/C14H20BrNO/c1-14(2)7-8-16(10-13(14)17)9-11-5-3-4-6-12(11)15/h3-6,13,17H,7-10H2,1-2H3. The zero-order valence-electron chi connectivity index (χ0n) is 10.5. The van der Waals surface area contributed by atoms with Crippen LogP contribution in [-0.2, 0) is 6.54 Å². The molecule has 0 radical (unpaired) electrons. The Labute approximate surface area is 112 Å². The maximum atomic E-state index is 10.1. The lowest BCUT2D eigenvalue weighted by Crippen LogP contribution is -2.47. The largest absolute Gasteiger partial charge is 0.391 e. The van der Waals surface area contributed by atoms with E-state index in [0.717, 1.165) is 30.5 Å².